The Labute approximate surface area is 58.6 Å². The number of nitrogens with one attached hydrogen (secondary N) is 1. The van der Waals surface area contributed by atoms with Crippen molar-refractivity contribution in [3.8, 4) is 0 Å². The van der Waals surface area contributed by atoms with Crippen molar-refractivity contribution in [3.63, 3.8) is 0 Å². The highest BCUT2D eigenvalue weighted by atomic mass is 32.2. The van der Waals surface area contributed by atoms with Crippen LogP contribution in [-0.4, -0.2) is 18.1 Å². The Hall–Kier alpha value is -0.410. The van der Waals surface area contributed by atoms with Crippen molar-refractivity contribution in [2.24, 2.45) is 0 Å². The maximum absolute atomic E-state index is 3.24. The molecule has 0 fully saturated rings. The fourth-order valence-electron chi connectivity index (χ4n) is 0.955. The molecule has 0 unspecified atom stereocenters. The maximum Gasteiger partial charge on any atom is 0.0773 e. The van der Waals surface area contributed by atoms with Crippen LogP contribution in [0, 0.1) is 0 Å². The summed E-state index contributed by atoms with van der Waals surface area (Å²) < 4.78 is 0. The van der Waals surface area contributed by atoms with Crippen LogP contribution in [0.3, 0.4) is 0 Å². The van der Waals surface area contributed by atoms with E-state index in [0.29, 0.717) is 0 Å². The van der Waals surface area contributed by atoms with Gasteiger partial charge in [-0.15, -0.1) is 0 Å². The van der Waals surface area contributed by atoms with Gasteiger partial charge in [-0.2, -0.15) is 0 Å². The van der Waals surface area contributed by atoms with E-state index in [1.807, 2.05) is 0 Å². The van der Waals surface area contributed by atoms with Crippen LogP contribution in [0.15, 0.2) is 22.7 Å². The van der Waals surface area contributed by atoms with E-state index in [0.717, 1.165) is 13.2 Å². The van der Waals surface area contributed by atoms with Gasteiger partial charge in [0, 0.05) is 12.7 Å². The second-order valence-electron chi connectivity index (χ2n) is 2.03. The Morgan fingerprint density at radius 1 is 1.67 bits per heavy atom. The molecule has 0 aromatic rings. The average molecular weight is 140 g/mol. The van der Waals surface area contributed by atoms with Gasteiger partial charge >= 0.3 is 0 Å². The van der Waals surface area contributed by atoms with Crippen molar-refractivity contribution < 1.29 is 0 Å². The van der Waals surface area contributed by atoms with Crippen LogP contribution in [-0.2, 0) is 0 Å². The number of hydrogen-bond donors (Lipinski definition) is 1. The van der Waals surface area contributed by atoms with Gasteiger partial charge in [0.15, 0.2) is 0 Å². The van der Waals surface area contributed by atoms with Gasteiger partial charge in [-0.1, -0.05) is 11.8 Å². The van der Waals surface area contributed by atoms with E-state index < -0.39 is 0 Å². The van der Waals surface area contributed by atoms with Gasteiger partial charge in [-0.25, -0.2) is 0 Å². The summed E-state index contributed by atoms with van der Waals surface area (Å²) in [7, 11) is 0. The van der Waals surface area contributed by atoms with Crippen molar-refractivity contribution in [2.45, 2.75) is 0 Å². The first-order chi connectivity index (χ1) is 4.47. The number of hydrogen-bond acceptors (Lipinski definition) is 3. The molecule has 3 heteroatoms. The Kier molecular flexibility index (Phi) is 1.24. The van der Waals surface area contributed by atoms with Crippen LogP contribution >= 0.6 is 11.8 Å². The molecule has 0 radical (unpaired) electrons. The molecule has 2 aliphatic heterocycles. The fraction of sp³-hybridized carbons (Fsp3) is 0.333. The summed E-state index contributed by atoms with van der Waals surface area (Å²) in [4.78, 5) is 2.20. The van der Waals surface area contributed by atoms with Gasteiger partial charge in [0.25, 0.3) is 0 Å². The topological polar surface area (TPSA) is 15.3 Å². The summed E-state index contributed by atoms with van der Waals surface area (Å²) in [5, 5.41) is 6.72. The molecule has 2 heterocycles. The second-order valence-corrected chi connectivity index (χ2v) is 2.95. The molecule has 0 saturated heterocycles. The van der Waals surface area contributed by atoms with Gasteiger partial charge in [0.1, 0.15) is 0 Å². The van der Waals surface area contributed by atoms with Crippen LogP contribution in [0.1, 0.15) is 0 Å². The third-order valence-electron chi connectivity index (χ3n) is 1.42. The lowest BCUT2D eigenvalue weighted by atomic mass is 10.5. The number of thioether (sulfide) groups is 1. The quantitative estimate of drug-likeness (QED) is 0.538. The van der Waals surface area contributed by atoms with E-state index in [1.54, 1.807) is 11.8 Å². The number of nitrogens with zero attached hydrogens (tertiary/aromatic N) is 1. The lowest BCUT2D eigenvalue weighted by Gasteiger charge is -2.21. The van der Waals surface area contributed by atoms with Gasteiger partial charge in [0.05, 0.1) is 11.7 Å². The first-order valence-electron chi connectivity index (χ1n) is 2.98. The summed E-state index contributed by atoms with van der Waals surface area (Å²) >= 11 is 1.79. The molecule has 0 aromatic carbocycles. The minimum atomic E-state index is 0.968. The molecule has 0 spiro atoms. The van der Waals surface area contributed by atoms with E-state index in [4.69, 9.17) is 0 Å². The maximum atomic E-state index is 3.24. The molecule has 2 aliphatic rings. The number of fused-ring (bicyclic) bond motifs is 1. The van der Waals surface area contributed by atoms with E-state index in [1.165, 1.54) is 5.03 Å². The summed E-state index contributed by atoms with van der Waals surface area (Å²) in [5.74, 6) is 0. The third-order valence-corrected chi connectivity index (χ3v) is 2.32. The van der Waals surface area contributed by atoms with Crippen molar-refractivity contribution >= 4 is 11.8 Å². The highest BCUT2D eigenvalue weighted by molar-refractivity contribution is 8.06. The summed E-state index contributed by atoms with van der Waals surface area (Å²) in [6, 6.07) is 0. The molecule has 1 N–H and O–H groups in total. The third kappa shape index (κ3) is 0.862. The highest BCUT2D eigenvalue weighted by Gasteiger charge is 2.13. The first-order valence-corrected chi connectivity index (χ1v) is 3.85. The van der Waals surface area contributed by atoms with Gasteiger partial charge < -0.3 is 4.90 Å². The van der Waals surface area contributed by atoms with Gasteiger partial charge in [0.2, 0.25) is 0 Å². The molecule has 0 bridgehead atoms. The van der Waals surface area contributed by atoms with Crippen LogP contribution < -0.4 is 5.32 Å². The predicted octanol–water partition coefficient (Wildman–Crippen LogP) is 0.909. The molecule has 0 aromatic heterocycles. The molecular formula is C6H8N2S. The summed E-state index contributed by atoms with van der Waals surface area (Å²) in [6.07, 6.45) is 4.30. The molecule has 0 aliphatic carbocycles. The minimum Gasteiger partial charge on any atom is -0.329 e. The van der Waals surface area contributed by atoms with E-state index in [2.05, 4.69) is 27.9 Å². The monoisotopic (exact) mass is 140 g/mol. The molecule has 0 amide bonds. The lowest BCUT2D eigenvalue weighted by Crippen LogP contribution is -2.32. The SMILES string of the molecule is C1=CN2CNCC=C2S1. The van der Waals surface area contributed by atoms with Crippen molar-refractivity contribution in [1.82, 2.24) is 10.2 Å². The predicted molar refractivity (Wildman–Crippen MR) is 39.5 cm³/mol. The molecule has 2 nitrogen and oxygen atoms in total. The Balaban J connectivity index is 2.22. The molecule has 48 valence electrons. The lowest BCUT2D eigenvalue weighted by molar-refractivity contribution is 0.433. The standard InChI is InChI=1S/C6H8N2S/c1-2-7-5-8-3-4-9-6(1)8/h1,3-4,7H,2,5H2. The smallest absolute Gasteiger partial charge is 0.0773 e. The Morgan fingerprint density at radius 2 is 2.67 bits per heavy atom. The van der Waals surface area contributed by atoms with E-state index >= 15 is 0 Å². The Bertz CT molecular complexity index is 174. The molecule has 0 atom stereocenters. The Morgan fingerprint density at radius 3 is 3.56 bits per heavy atom. The van der Waals surface area contributed by atoms with Crippen molar-refractivity contribution in [1.29, 1.82) is 0 Å². The van der Waals surface area contributed by atoms with Gasteiger partial charge in [-0.3, -0.25) is 5.32 Å². The zero-order chi connectivity index (χ0) is 6.10. The highest BCUT2D eigenvalue weighted by Crippen LogP contribution is 2.28. The molecule has 9 heavy (non-hydrogen) atoms. The van der Waals surface area contributed by atoms with E-state index in [-0.39, 0.29) is 0 Å². The zero-order valence-electron chi connectivity index (χ0n) is 5.00. The number of rotatable bonds is 0. The zero-order valence-corrected chi connectivity index (χ0v) is 5.82. The minimum absolute atomic E-state index is 0.968. The molecule has 2 rings (SSSR count). The summed E-state index contributed by atoms with van der Waals surface area (Å²) in [5.41, 5.74) is 0. The van der Waals surface area contributed by atoms with Crippen LogP contribution in [0.2, 0.25) is 0 Å². The fourth-order valence-corrected chi connectivity index (χ4v) is 1.74. The molecule has 0 saturated carbocycles. The van der Waals surface area contributed by atoms with Gasteiger partial charge in [-0.05, 0) is 11.5 Å². The van der Waals surface area contributed by atoms with Crippen molar-refractivity contribution in [2.75, 3.05) is 13.2 Å². The van der Waals surface area contributed by atoms with Crippen LogP contribution in [0.25, 0.3) is 0 Å². The normalized spacial score (nSPS) is 24.0. The average Bonchev–Trinajstić information content (AvgIpc) is 2.33. The van der Waals surface area contributed by atoms with Crippen LogP contribution in [0.5, 0.6) is 0 Å². The largest absolute Gasteiger partial charge is 0.329 e. The molecular weight excluding hydrogens is 132 g/mol. The van der Waals surface area contributed by atoms with Crippen LogP contribution in [0.4, 0.5) is 0 Å². The summed E-state index contributed by atoms with van der Waals surface area (Å²) in [6.45, 7) is 1.98. The van der Waals surface area contributed by atoms with E-state index in [9.17, 15) is 0 Å². The second kappa shape index (κ2) is 2.08. The first kappa shape index (κ1) is 5.38. The van der Waals surface area contributed by atoms with Crippen molar-refractivity contribution in [3.05, 3.63) is 22.7 Å².